The number of rotatable bonds is 6. The molecule has 3 aromatic rings. The number of aryl methyl sites for hydroxylation is 1. The van der Waals surface area contributed by atoms with Crippen LogP contribution in [-0.2, 0) is 12.7 Å². The van der Waals surface area contributed by atoms with Gasteiger partial charge in [0.25, 0.3) is 5.91 Å². The van der Waals surface area contributed by atoms with Gasteiger partial charge < -0.3 is 10.2 Å². The van der Waals surface area contributed by atoms with E-state index in [-0.39, 0.29) is 16.3 Å². The molecule has 0 atom stereocenters. The molecule has 182 valence electrons. The minimum atomic E-state index is -4.44. The summed E-state index contributed by atoms with van der Waals surface area (Å²) < 4.78 is 40.1. The van der Waals surface area contributed by atoms with Gasteiger partial charge in [-0.05, 0) is 37.7 Å². The number of hydrogen-bond donors (Lipinski definition) is 1. The molecule has 2 aromatic heterocycles. The molecule has 3 heterocycles. The predicted molar refractivity (Wildman–Crippen MR) is 125 cm³/mol. The van der Waals surface area contributed by atoms with E-state index in [2.05, 4.69) is 32.1 Å². The number of halogens is 4. The van der Waals surface area contributed by atoms with Crippen LogP contribution in [0.1, 0.15) is 28.5 Å². The van der Waals surface area contributed by atoms with Crippen molar-refractivity contribution < 1.29 is 18.0 Å². The largest absolute Gasteiger partial charge is 0.416 e. The van der Waals surface area contributed by atoms with Gasteiger partial charge in [0, 0.05) is 44.6 Å². The second kappa shape index (κ2) is 9.89. The van der Waals surface area contributed by atoms with Crippen molar-refractivity contribution in [1.82, 2.24) is 24.6 Å². The van der Waals surface area contributed by atoms with Crippen molar-refractivity contribution in [3.8, 4) is 0 Å². The first-order valence-corrected chi connectivity index (χ1v) is 11.5. The first-order valence-electron chi connectivity index (χ1n) is 11.1. The summed E-state index contributed by atoms with van der Waals surface area (Å²) in [6, 6.07) is 4.22. The lowest BCUT2D eigenvalue weighted by Crippen LogP contribution is -2.46. The average molecular weight is 495 g/mol. The fourth-order valence-electron chi connectivity index (χ4n) is 4.09. The van der Waals surface area contributed by atoms with Gasteiger partial charge in [-0.15, -0.1) is 0 Å². The van der Waals surface area contributed by atoms with Gasteiger partial charge in [-0.2, -0.15) is 18.3 Å². The van der Waals surface area contributed by atoms with Crippen molar-refractivity contribution in [2.45, 2.75) is 26.6 Å². The van der Waals surface area contributed by atoms with Crippen molar-refractivity contribution in [2.24, 2.45) is 0 Å². The monoisotopic (exact) mass is 494 g/mol. The second-order valence-electron chi connectivity index (χ2n) is 8.30. The van der Waals surface area contributed by atoms with Crippen LogP contribution in [0.2, 0.25) is 5.02 Å². The van der Waals surface area contributed by atoms with Gasteiger partial charge in [0.15, 0.2) is 5.65 Å². The predicted octanol–water partition coefficient (Wildman–Crippen LogP) is 4.30. The lowest BCUT2D eigenvalue weighted by Gasteiger charge is -2.33. The lowest BCUT2D eigenvalue weighted by molar-refractivity contribution is -0.137. The van der Waals surface area contributed by atoms with Gasteiger partial charge in [-0.3, -0.25) is 9.69 Å². The first-order chi connectivity index (χ1) is 16.2. The van der Waals surface area contributed by atoms with Gasteiger partial charge >= 0.3 is 6.18 Å². The van der Waals surface area contributed by atoms with Crippen LogP contribution in [-0.4, -0.2) is 69.7 Å². The Bertz CT molecular complexity index is 1170. The molecule has 1 amide bonds. The Hall–Kier alpha value is -2.69. The molecular formula is C23H26ClF3N6O. The van der Waals surface area contributed by atoms with Gasteiger partial charge in [-0.25, -0.2) is 9.67 Å². The Morgan fingerprint density at radius 2 is 1.74 bits per heavy atom. The number of amides is 1. The van der Waals surface area contributed by atoms with E-state index in [4.69, 9.17) is 11.6 Å². The van der Waals surface area contributed by atoms with Crippen LogP contribution in [0, 0.1) is 6.92 Å². The van der Waals surface area contributed by atoms with Crippen LogP contribution in [0.15, 0.2) is 30.5 Å². The summed E-state index contributed by atoms with van der Waals surface area (Å²) >= 11 is 6.57. The highest BCUT2D eigenvalue weighted by atomic mass is 35.5. The maximum absolute atomic E-state index is 12.8. The number of carbonyl (C=O) groups excluding carboxylic acids is 1. The first kappa shape index (κ1) is 24.4. The molecule has 0 saturated carbocycles. The second-order valence-corrected chi connectivity index (χ2v) is 8.68. The molecule has 0 unspecified atom stereocenters. The number of likely N-dealkylation sites (N-methyl/N-ethyl adjacent to an activating group) is 1. The van der Waals surface area contributed by atoms with Crippen molar-refractivity contribution >= 4 is 34.2 Å². The molecule has 1 fully saturated rings. The van der Waals surface area contributed by atoms with Crippen LogP contribution in [0.3, 0.4) is 0 Å². The molecule has 1 saturated heterocycles. The summed E-state index contributed by atoms with van der Waals surface area (Å²) in [6.45, 7) is 10.6. The van der Waals surface area contributed by atoms with Crippen molar-refractivity contribution in [1.29, 1.82) is 0 Å². The number of nitrogens with zero attached hydrogens (tertiary/aromatic N) is 5. The summed E-state index contributed by atoms with van der Waals surface area (Å²) in [5.41, 5.74) is 0.826. The van der Waals surface area contributed by atoms with E-state index in [1.54, 1.807) is 4.68 Å². The number of fused-ring (bicyclic) bond motifs is 1. The molecule has 1 aromatic carbocycles. The van der Waals surface area contributed by atoms with Crippen LogP contribution < -0.4 is 5.32 Å². The fourth-order valence-corrected chi connectivity index (χ4v) is 4.45. The number of alkyl halides is 3. The number of piperazine rings is 1. The van der Waals surface area contributed by atoms with E-state index in [1.165, 1.54) is 18.3 Å². The Kier molecular flexibility index (Phi) is 7.11. The third-order valence-electron chi connectivity index (χ3n) is 6.13. The smallest absolute Gasteiger partial charge is 0.322 e. The number of hydrogen-bond acceptors (Lipinski definition) is 5. The third-order valence-corrected chi connectivity index (χ3v) is 6.52. The molecule has 0 bridgehead atoms. The Morgan fingerprint density at radius 3 is 2.35 bits per heavy atom. The van der Waals surface area contributed by atoms with Gasteiger partial charge in [-0.1, -0.05) is 18.5 Å². The summed E-state index contributed by atoms with van der Waals surface area (Å²) in [7, 11) is 0. The fraction of sp³-hybridized carbons (Fsp3) is 0.435. The molecule has 34 heavy (non-hydrogen) atoms. The molecule has 11 heteroatoms. The summed E-state index contributed by atoms with van der Waals surface area (Å²) in [6.07, 6.45) is -3.07. The summed E-state index contributed by atoms with van der Waals surface area (Å²) in [5.74, 6) is -0.555. The van der Waals surface area contributed by atoms with E-state index in [1.807, 2.05) is 6.92 Å². The molecule has 0 spiro atoms. The minimum absolute atomic E-state index is 0.132. The highest BCUT2D eigenvalue weighted by Crippen LogP contribution is 2.31. The van der Waals surface area contributed by atoms with E-state index in [0.717, 1.165) is 51.4 Å². The van der Waals surface area contributed by atoms with Crippen molar-refractivity contribution in [3.05, 3.63) is 52.3 Å². The number of nitrogens with one attached hydrogen (secondary N) is 1. The Balaban J connectivity index is 1.48. The molecule has 4 rings (SSSR count). The number of carbonyl (C=O) groups is 1. The standard InChI is InChI=1S/C23H26ClF3N6O/c1-3-31-8-10-32(11-9-31)12-13-33-21-19(15(2)30-33)20(24)18(14-28-21)22(34)29-17-6-4-16(5-7-17)23(25,26)27/h4-7,14H,3,8-13H2,1-2H3,(H,29,34). The van der Waals surface area contributed by atoms with Crippen LogP contribution in [0.5, 0.6) is 0 Å². The van der Waals surface area contributed by atoms with Crippen molar-refractivity contribution in [2.75, 3.05) is 44.6 Å². The molecule has 7 nitrogen and oxygen atoms in total. The number of anilines is 1. The molecular weight excluding hydrogens is 469 g/mol. The van der Waals surface area contributed by atoms with Gasteiger partial charge in [0.2, 0.25) is 0 Å². The summed E-state index contributed by atoms with van der Waals surface area (Å²) in [5, 5.41) is 7.97. The van der Waals surface area contributed by atoms with E-state index >= 15 is 0 Å². The van der Waals surface area contributed by atoms with Crippen LogP contribution in [0.4, 0.5) is 18.9 Å². The number of benzene rings is 1. The zero-order valence-electron chi connectivity index (χ0n) is 19.0. The van der Waals surface area contributed by atoms with Gasteiger partial charge in [0.1, 0.15) is 0 Å². The third kappa shape index (κ3) is 5.18. The highest BCUT2D eigenvalue weighted by Gasteiger charge is 2.30. The Labute approximate surface area is 200 Å². The normalized spacial score (nSPS) is 15.7. The quantitative estimate of drug-likeness (QED) is 0.553. The minimum Gasteiger partial charge on any atom is -0.322 e. The average Bonchev–Trinajstić information content (AvgIpc) is 3.14. The zero-order chi connectivity index (χ0) is 24.5. The molecule has 1 aliphatic heterocycles. The SMILES string of the molecule is CCN1CCN(CCn2nc(C)c3c(Cl)c(C(=O)Nc4ccc(C(F)(F)F)cc4)cnc32)CC1. The van der Waals surface area contributed by atoms with Crippen LogP contribution >= 0.6 is 11.6 Å². The van der Waals surface area contributed by atoms with Crippen LogP contribution in [0.25, 0.3) is 11.0 Å². The molecule has 0 radical (unpaired) electrons. The molecule has 1 N–H and O–H groups in total. The summed E-state index contributed by atoms with van der Waals surface area (Å²) in [4.78, 5) is 22.0. The maximum atomic E-state index is 12.8. The number of pyridine rings is 1. The van der Waals surface area contributed by atoms with Crippen molar-refractivity contribution in [3.63, 3.8) is 0 Å². The molecule has 0 aliphatic carbocycles. The maximum Gasteiger partial charge on any atom is 0.416 e. The van der Waals surface area contributed by atoms with E-state index < -0.39 is 17.6 Å². The molecule has 1 aliphatic rings. The highest BCUT2D eigenvalue weighted by molar-refractivity contribution is 6.39. The van der Waals surface area contributed by atoms with E-state index in [0.29, 0.717) is 23.3 Å². The lowest BCUT2D eigenvalue weighted by atomic mass is 10.1. The Morgan fingerprint density at radius 1 is 1.09 bits per heavy atom. The zero-order valence-corrected chi connectivity index (χ0v) is 19.7. The van der Waals surface area contributed by atoms with E-state index in [9.17, 15) is 18.0 Å². The topological polar surface area (TPSA) is 66.3 Å². The van der Waals surface area contributed by atoms with Gasteiger partial charge in [0.05, 0.1) is 33.8 Å². The number of aromatic nitrogens is 3.